The standard InChI is InChI=1S/C26H30N8O4S/c1-5-39(37,38)18-9-8-17(27-11-18)10-28-23-26(36)34(15(4)14(2)3)24-19(32-23)12-29-22(33-24)20-21(16-6-7-16)30-13-31-25(20)35/h8-9,11-16H,5-7,10H2,1-4H3,(H,28,32)(H,30,31,35)/t15-/m0/s1. The molecule has 0 aliphatic heterocycles. The molecule has 4 heterocycles. The Morgan fingerprint density at radius 1 is 1.08 bits per heavy atom. The van der Waals surface area contributed by atoms with Crippen molar-refractivity contribution in [2.45, 2.75) is 63.9 Å². The molecule has 204 valence electrons. The first-order chi connectivity index (χ1) is 18.6. The van der Waals surface area contributed by atoms with Gasteiger partial charge < -0.3 is 10.4 Å². The molecule has 1 aliphatic rings. The van der Waals surface area contributed by atoms with Gasteiger partial charge in [0.2, 0.25) is 5.88 Å². The van der Waals surface area contributed by atoms with Crippen LogP contribution < -0.4 is 10.9 Å². The molecule has 2 N–H and O–H groups in total. The Labute approximate surface area is 225 Å². The Balaban J connectivity index is 1.55. The summed E-state index contributed by atoms with van der Waals surface area (Å²) in [6.45, 7) is 7.70. The summed E-state index contributed by atoms with van der Waals surface area (Å²) in [5.41, 5.74) is 2.00. The Morgan fingerprint density at radius 3 is 2.49 bits per heavy atom. The van der Waals surface area contributed by atoms with E-state index in [9.17, 15) is 18.3 Å². The molecule has 13 heteroatoms. The molecule has 0 radical (unpaired) electrons. The van der Waals surface area contributed by atoms with Gasteiger partial charge in [-0.25, -0.2) is 33.3 Å². The highest BCUT2D eigenvalue weighted by molar-refractivity contribution is 7.91. The minimum absolute atomic E-state index is 0.0105. The number of pyridine rings is 1. The Hall–Kier alpha value is -4.00. The van der Waals surface area contributed by atoms with Gasteiger partial charge in [-0.3, -0.25) is 14.3 Å². The molecule has 0 saturated heterocycles. The SMILES string of the molecule is CCS(=O)(=O)c1ccc(CNc2nc3cnc(-c4c(O)ncnc4C4CC4)nc3n([C@@H](C)C(C)C)c2=O)nc1. The fraction of sp³-hybridized carbons (Fsp3) is 0.423. The van der Waals surface area contributed by atoms with E-state index >= 15 is 0 Å². The number of anilines is 1. The summed E-state index contributed by atoms with van der Waals surface area (Å²) in [6.07, 6.45) is 6.10. The van der Waals surface area contributed by atoms with Crippen LogP contribution in [0, 0.1) is 5.92 Å². The highest BCUT2D eigenvalue weighted by Gasteiger charge is 2.31. The van der Waals surface area contributed by atoms with E-state index in [1.807, 2.05) is 20.8 Å². The molecule has 0 unspecified atom stereocenters. The molecule has 1 aliphatic carbocycles. The minimum atomic E-state index is -3.35. The summed E-state index contributed by atoms with van der Waals surface area (Å²) < 4.78 is 25.7. The number of hydrogen-bond donors (Lipinski definition) is 2. The Morgan fingerprint density at radius 2 is 1.85 bits per heavy atom. The zero-order chi connectivity index (χ0) is 27.9. The number of aromatic nitrogens is 7. The second kappa shape index (κ2) is 10.3. The van der Waals surface area contributed by atoms with Gasteiger partial charge in [0.25, 0.3) is 5.56 Å². The largest absolute Gasteiger partial charge is 0.493 e. The first-order valence-corrected chi connectivity index (χ1v) is 14.5. The van der Waals surface area contributed by atoms with E-state index in [1.54, 1.807) is 17.6 Å². The van der Waals surface area contributed by atoms with Crippen molar-refractivity contribution in [1.29, 1.82) is 0 Å². The van der Waals surface area contributed by atoms with Gasteiger partial charge in [0, 0.05) is 18.2 Å². The van der Waals surface area contributed by atoms with Crippen LogP contribution in [0.1, 0.15) is 63.9 Å². The molecule has 1 fully saturated rings. The zero-order valence-electron chi connectivity index (χ0n) is 22.2. The first-order valence-electron chi connectivity index (χ1n) is 12.9. The van der Waals surface area contributed by atoms with E-state index in [-0.39, 0.29) is 58.2 Å². The van der Waals surface area contributed by atoms with Crippen molar-refractivity contribution in [1.82, 2.24) is 34.5 Å². The molecule has 5 rings (SSSR count). The number of nitrogens with zero attached hydrogens (tertiary/aromatic N) is 7. The number of nitrogens with one attached hydrogen (secondary N) is 1. The van der Waals surface area contributed by atoms with Crippen LogP contribution in [-0.4, -0.2) is 53.7 Å². The van der Waals surface area contributed by atoms with Gasteiger partial charge in [-0.1, -0.05) is 20.8 Å². The van der Waals surface area contributed by atoms with Crippen LogP contribution in [0.3, 0.4) is 0 Å². The number of aromatic hydroxyl groups is 1. The van der Waals surface area contributed by atoms with Crippen molar-refractivity contribution in [2.24, 2.45) is 5.92 Å². The minimum Gasteiger partial charge on any atom is -0.493 e. The monoisotopic (exact) mass is 550 g/mol. The van der Waals surface area contributed by atoms with Crippen molar-refractivity contribution >= 4 is 26.8 Å². The highest BCUT2D eigenvalue weighted by Crippen LogP contribution is 2.44. The van der Waals surface area contributed by atoms with E-state index < -0.39 is 9.84 Å². The van der Waals surface area contributed by atoms with E-state index in [0.29, 0.717) is 28.1 Å². The van der Waals surface area contributed by atoms with Crippen molar-refractivity contribution in [3.8, 4) is 17.3 Å². The Kier molecular flexibility index (Phi) is 7.02. The van der Waals surface area contributed by atoms with Crippen molar-refractivity contribution in [2.75, 3.05) is 11.1 Å². The predicted octanol–water partition coefficient (Wildman–Crippen LogP) is 3.24. The molecule has 12 nitrogen and oxygen atoms in total. The number of sulfone groups is 1. The Bertz CT molecular complexity index is 1700. The smallest absolute Gasteiger partial charge is 0.295 e. The second-order valence-electron chi connectivity index (χ2n) is 10.00. The molecule has 0 aromatic carbocycles. The molecular weight excluding hydrogens is 520 g/mol. The normalized spacial score (nSPS) is 14.6. The topological polar surface area (TPSA) is 166 Å². The van der Waals surface area contributed by atoms with E-state index in [1.165, 1.54) is 24.8 Å². The van der Waals surface area contributed by atoms with Gasteiger partial charge in [0.05, 0.1) is 34.8 Å². The maximum atomic E-state index is 13.7. The molecule has 0 amide bonds. The van der Waals surface area contributed by atoms with Gasteiger partial charge in [-0.2, -0.15) is 0 Å². The van der Waals surface area contributed by atoms with Gasteiger partial charge >= 0.3 is 0 Å². The zero-order valence-corrected chi connectivity index (χ0v) is 23.0. The van der Waals surface area contributed by atoms with Crippen LogP contribution in [0.25, 0.3) is 22.6 Å². The van der Waals surface area contributed by atoms with Crippen LogP contribution in [0.2, 0.25) is 0 Å². The molecule has 4 aromatic heterocycles. The summed E-state index contributed by atoms with van der Waals surface area (Å²) >= 11 is 0. The molecule has 39 heavy (non-hydrogen) atoms. The van der Waals surface area contributed by atoms with Crippen LogP contribution in [0.5, 0.6) is 5.88 Å². The van der Waals surface area contributed by atoms with Gasteiger partial charge in [0.15, 0.2) is 27.1 Å². The van der Waals surface area contributed by atoms with Crippen molar-refractivity contribution in [3.63, 3.8) is 0 Å². The van der Waals surface area contributed by atoms with Crippen molar-refractivity contribution in [3.05, 3.63) is 52.6 Å². The summed E-state index contributed by atoms with van der Waals surface area (Å²) in [5.74, 6) is 0.449. The highest BCUT2D eigenvalue weighted by atomic mass is 32.2. The summed E-state index contributed by atoms with van der Waals surface area (Å²) in [5, 5.41) is 13.6. The third-order valence-corrected chi connectivity index (χ3v) is 8.74. The summed E-state index contributed by atoms with van der Waals surface area (Å²) in [6, 6.07) is 2.88. The third kappa shape index (κ3) is 5.18. The lowest BCUT2D eigenvalue weighted by molar-refractivity contribution is 0.406. The third-order valence-electron chi connectivity index (χ3n) is 7.02. The number of hydrogen-bond acceptors (Lipinski definition) is 11. The average molecular weight is 551 g/mol. The van der Waals surface area contributed by atoms with E-state index in [2.05, 4.69) is 30.2 Å². The maximum Gasteiger partial charge on any atom is 0.295 e. The van der Waals surface area contributed by atoms with Crippen LogP contribution in [-0.2, 0) is 16.4 Å². The van der Waals surface area contributed by atoms with E-state index in [0.717, 1.165) is 12.8 Å². The summed E-state index contributed by atoms with van der Waals surface area (Å²) in [7, 11) is -3.35. The van der Waals surface area contributed by atoms with Gasteiger partial charge in [0.1, 0.15) is 17.4 Å². The van der Waals surface area contributed by atoms with Crippen LogP contribution in [0.4, 0.5) is 5.82 Å². The van der Waals surface area contributed by atoms with Gasteiger partial charge in [-0.15, -0.1) is 0 Å². The quantitative estimate of drug-likeness (QED) is 0.314. The first kappa shape index (κ1) is 26.6. The fourth-order valence-corrected chi connectivity index (χ4v) is 5.05. The lowest BCUT2D eigenvalue weighted by Crippen LogP contribution is -2.30. The van der Waals surface area contributed by atoms with Crippen LogP contribution >= 0.6 is 0 Å². The molecular formula is C26H30N8O4S. The predicted molar refractivity (Wildman–Crippen MR) is 145 cm³/mol. The van der Waals surface area contributed by atoms with Gasteiger partial charge in [-0.05, 0) is 37.8 Å². The summed E-state index contributed by atoms with van der Waals surface area (Å²) in [4.78, 5) is 40.0. The lowest BCUT2D eigenvalue weighted by atomic mass is 10.1. The maximum absolute atomic E-state index is 13.7. The second-order valence-corrected chi connectivity index (χ2v) is 12.3. The number of fused-ring (bicyclic) bond motifs is 1. The molecule has 1 saturated carbocycles. The number of rotatable bonds is 9. The molecule has 0 spiro atoms. The van der Waals surface area contributed by atoms with E-state index in [4.69, 9.17) is 4.98 Å². The molecule has 0 bridgehead atoms. The molecule has 4 aromatic rings. The van der Waals surface area contributed by atoms with Crippen LogP contribution in [0.15, 0.2) is 40.5 Å². The fourth-order valence-electron chi connectivity index (χ4n) is 4.22. The van der Waals surface area contributed by atoms with Crippen molar-refractivity contribution < 1.29 is 13.5 Å². The molecule has 1 atom stereocenters. The average Bonchev–Trinajstić information content (AvgIpc) is 3.77. The lowest BCUT2D eigenvalue weighted by Gasteiger charge is -2.21.